The molecule has 0 spiro atoms. The predicted octanol–water partition coefficient (Wildman–Crippen LogP) is 2.41. The molecule has 0 aromatic heterocycles. The fraction of sp³-hybridized carbons (Fsp3) is 0.588. The molecular formula is C17H25NO5S. The molecule has 1 aromatic carbocycles. The first-order chi connectivity index (χ1) is 10.9. The molecule has 0 radical (unpaired) electrons. The van der Waals surface area contributed by atoms with Crippen LogP contribution < -0.4 is 9.46 Å². The maximum Gasteiger partial charge on any atom is 0.321 e. The van der Waals surface area contributed by atoms with Crippen LogP contribution in [0.2, 0.25) is 0 Å². The quantitative estimate of drug-likeness (QED) is 0.839. The van der Waals surface area contributed by atoms with Crippen molar-refractivity contribution in [3.63, 3.8) is 0 Å². The number of carbonyl (C=O) groups excluding carboxylic acids is 1. The molecule has 1 N–H and O–H groups in total. The maximum absolute atomic E-state index is 12.4. The molecule has 1 aromatic rings. The lowest BCUT2D eigenvalue weighted by molar-refractivity contribution is -0.153. The summed E-state index contributed by atoms with van der Waals surface area (Å²) in [6.45, 7) is 8.78. The van der Waals surface area contributed by atoms with E-state index in [9.17, 15) is 13.2 Å². The van der Waals surface area contributed by atoms with E-state index in [-0.39, 0.29) is 10.5 Å². The van der Waals surface area contributed by atoms with Crippen LogP contribution >= 0.6 is 0 Å². The van der Waals surface area contributed by atoms with Gasteiger partial charge < -0.3 is 9.47 Å². The van der Waals surface area contributed by atoms with Crippen molar-refractivity contribution in [2.45, 2.75) is 63.6 Å². The number of hydrogen-bond acceptors (Lipinski definition) is 5. The van der Waals surface area contributed by atoms with Crippen LogP contribution in [0, 0.1) is 0 Å². The Kier molecular flexibility index (Phi) is 4.97. The Labute approximate surface area is 143 Å². The highest BCUT2D eigenvalue weighted by Gasteiger charge is 2.28. The fourth-order valence-corrected chi connectivity index (χ4v) is 3.44. The Balaban J connectivity index is 2.09. The van der Waals surface area contributed by atoms with E-state index in [0.717, 1.165) is 18.4 Å². The van der Waals surface area contributed by atoms with Gasteiger partial charge in [-0.15, -0.1) is 0 Å². The van der Waals surface area contributed by atoms with Crippen molar-refractivity contribution in [1.29, 1.82) is 0 Å². The minimum atomic E-state index is -3.78. The first kappa shape index (κ1) is 18.7. The second-order valence-corrected chi connectivity index (χ2v) is 9.31. The summed E-state index contributed by atoms with van der Waals surface area (Å²) in [7, 11) is -3.78. The minimum absolute atomic E-state index is 0.119. The number of nitrogens with one attached hydrogen (secondary N) is 1. The zero-order valence-corrected chi connectivity index (χ0v) is 15.6. The molecule has 0 aliphatic carbocycles. The van der Waals surface area contributed by atoms with E-state index in [4.69, 9.17) is 9.47 Å². The highest BCUT2D eigenvalue weighted by Crippen LogP contribution is 2.34. The Morgan fingerprint density at radius 2 is 2.00 bits per heavy atom. The lowest BCUT2D eigenvalue weighted by Gasteiger charge is -2.32. The summed E-state index contributed by atoms with van der Waals surface area (Å²) in [6, 6.07) is 4.75. The van der Waals surface area contributed by atoms with Crippen LogP contribution in [0.15, 0.2) is 23.1 Å². The van der Waals surface area contributed by atoms with Crippen molar-refractivity contribution in [3.05, 3.63) is 23.8 Å². The Bertz CT molecular complexity index is 732. The molecule has 1 heterocycles. The maximum atomic E-state index is 12.4. The third kappa shape index (κ3) is 4.95. The standard InChI is InChI=1S/C17H25NO5S/c1-16(2,3)23-15(19)11-18-24(20,21)13-6-7-14-12(10-13)8-9-17(4,5)22-14/h6-7,10,18H,8-9,11H2,1-5H3. The number of fused-ring (bicyclic) bond motifs is 1. The lowest BCUT2D eigenvalue weighted by Crippen LogP contribution is -2.35. The van der Waals surface area contributed by atoms with Crippen molar-refractivity contribution in [3.8, 4) is 5.75 Å². The van der Waals surface area contributed by atoms with Gasteiger partial charge in [0.15, 0.2) is 0 Å². The number of sulfonamides is 1. The number of esters is 1. The summed E-state index contributed by atoms with van der Waals surface area (Å²) in [5, 5.41) is 0. The number of benzene rings is 1. The smallest absolute Gasteiger partial charge is 0.321 e. The fourth-order valence-electron chi connectivity index (χ4n) is 2.42. The van der Waals surface area contributed by atoms with Gasteiger partial charge in [0.25, 0.3) is 0 Å². The summed E-state index contributed by atoms with van der Waals surface area (Å²) < 4.78 is 37.9. The average molecular weight is 355 g/mol. The Morgan fingerprint density at radius 1 is 1.33 bits per heavy atom. The first-order valence-electron chi connectivity index (χ1n) is 7.91. The molecule has 134 valence electrons. The molecule has 0 saturated heterocycles. The molecule has 1 aliphatic heterocycles. The highest BCUT2D eigenvalue weighted by atomic mass is 32.2. The molecule has 0 saturated carbocycles. The molecule has 1 aliphatic rings. The molecule has 0 fully saturated rings. The van der Waals surface area contributed by atoms with Gasteiger partial charge in [0, 0.05) is 0 Å². The van der Waals surface area contributed by atoms with Gasteiger partial charge in [-0.25, -0.2) is 8.42 Å². The van der Waals surface area contributed by atoms with Gasteiger partial charge in [-0.3, -0.25) is 4.79 Å². The minimum Gasteiger partial charge on any atom is -0.488 e. The van der Waals surface area contributed by atoms with Crippen LogP contribution in [0.3, 0.4) is 0 Å². The van der Waals surface area contributed by atoms with Gasteiger partial charge in [-0.1, -0.05) is 0 Å². The molecule has 2 rings (SSSR count). The summed E-state index contributed by atoms with van der Waals surface area (Å²) in [5.41, 5.74) is -0.0460. The van der Waals surface area contributed by atoms with Crippen LogP contribution in [-0.2, 0) is 26.0 Å². The lowest BCUT2D eigenvalue weighted by atomic mass is 9.94. The van der Waals surface area contributed by atoms with Crippen molar-refractivity contribution < 1.29 is 22.7 Å². The molecule has 6 nitrogen and oxygen atoms in total. The monoisotopic (exact) mass is 355 g/mol. The van der Waals surface area contributed by atoms with Crippen molar-refractivity contribution in [1.82, 2.24) is 4.72 Å². The van der Waals surface area contributed by atoms with E-state index in [1.165, 1.54) is 6.07 Å². The van der Waals surface area contributed by atoms with Crippen LogP contribution in [0.4, 0.5) is 0 Å². The Morgan fingerprint density at radius 3 is 2.62 bits per heavy atom. The van der Waals surface area contributed by atoms with E-state index >= 15 is 0 Å². The topological polar surface area (TPSA) is 81.7 Å². The summed E-state index contributed by atoms with van der Waals surface area (Å²) >= 11 is 0. The van der Waals surface area contributed by atoms with Gasteiger partial charge in [-0.2, -0.15) is 4.72 Å². The van der Waals surface area contributed by atoms with Gasteiger partial charge in [0.05, 0.1) is 4.90 Å². The number of aryl methyl sites for hydroxylation is 1. The van der Waals surface area contributed by atoms with Crippen molar-refractivity contribution in [2.24, 2.45) is 0 Å². The second-order valence-electron chi connectivity index (χ2n) is 7.54. The molecule has 0 unspecified atom stereocenters. The third-order valence-corrected chi connectivity index (χ3v) is 4.95. The second kappa shape index (κ2) is 6.37. The molecule has 0 atom stereocenters. The van der Waals surface area contributed by atoms with E-state index in [0.29, 0.717) is 5.75 Å². The van der Waals surface area contributed by atoms with Crippen LogP contribution in [0.5, 0.6) is 5.75 Å². The van der Waals surface area contributed by atoms with Crippen molar-refractivity contribution >= 4 is 16.0 Å². The third-order valence-electron chi connectivity index (χ3n) is 3.55. The van der Waals surface area contributed by atoms with E-state index in [2.05, 4.69) is 4.72 Å². The zero-order chi connectivity index (χ0) is 18.2. The Hall–Kier alpha value is -1.60. The van der Waals surface area contributed by atoms with Crippen LogP contribution in [0.1, 0.15) is 46.6 Å². The molecule has 24 heavy (non-hydrogen) atoms. The van der Waals surface area contributed by atoms with Crippen LogP contribution in [0.25, 0.3) is 0 Å². The van der Waals surface area contributed by atoms with Crippen LogP contribution in [-0.4, -0.2) is 32.1 Å². The van der Waals surface area contributed by atoms with E-state index in [1.54, 1.807) is 32.9 Å². The zero-order valence-electron chi connectivity index (χ0n) is 14.8. The predicted molar refractivity (Wildman–Crippen MR) is 90.5 cm³/mol. The van der Waals surface area contributed by atoms with Gasteiger partial charge >= 0.3 is 5.97 Å². The molecule has 0 amide bonds. The average Bonchev–Trinajstić information content (AvgIpc) is 2.42. The highest BCUT2D eigenvalue weighted by molar-refractivity contribution is 7.89. The largest absolute Gasteiger partial charge is 0.488 e. The molecular weight excluding hydrogens is 330 g/mol. The first-order valence-corrected chi connectivity index (χ1v) is 9.40. The number of carbonyl (C=O) groups is 1. The summed E-state index contributed by atoms with van der Waals surface area (Å²) in [5.74, 6) is 0.0893. The summed E-state index contributed by atoms with van der Waals surface area (Å²) in [4.78, 5) is 11.8. The van der Waals surface area contributed by atoms with E-state index in [1.807, 2.05) is 13.8 Å². The SMILES string of the molecule is CC(C)(C)OC(=O)CNS(=O)(=O)c1ccc2c(c1)CCC(C)(C)O2. The molecule has 0 bridgehead atoms. The molecule has 7 heteroatoms. The van der Waals surface area contributed by atoms with Gasteiger partial charge in [0.2, 0.25) is 10.0 Å². The normalized spacial score (nSPS) is 16.9. The summed E-state index contributed by atoms with van der Waals surface area (Å²) in [6.07, 6.45) is 1.56. The van der Waals surface area contributed by atoms with Gasteiger partial charge in [0.1, 0.15) is 23.5 Å². The number of ether oxygens (including phenoxy) is 2. The van der Waals surface area contributed by atoms with Gasteiger partial charge in [-0.05, 0) is 71.2 Å². The van der Waals surface area contributed by atoms with Crippen molar-refractivity contribution in [2.75, 3.05) is 6.54 Å². The number of rotatable bonds is 4. The van der Waals surface area contributed by atoms with E-state index < -0.39 is 28.1 Å². The number of hydrogen-bond donors (Lipinski definition) is 1.